The van der Waals surface area contributed by atoms with Crippen molar-refractivity contribution in [3.8, 4) is 11.1 Å². The molecule has 3 aromatic carbocycles. The number of ether oxygens (including phenoxy) is 1. The zero-order chi connectivity index (χ0) is 31.4. The average Bonchev–Trinajstić information content (AvgIpc) is 3.32. The van der Waals surface area contributed by atoms with Gasteiger partial charge in [0.2, 0.25) is 5.91 Å². The molecule has 0 fully saturated rings. The molecule has 3 N–H and O–H groups in total. The topological polar surface area (TPSA) is 138 Å². The molecule has 2 unspecified atom stereocenters. The van der Waals surface area contributed by atoms with Gasteiger partial charge in [-0.3, -0.25) is 18.4 Å². The highest BCUT2D eigenvalue weighted by molar-refractivity contribution is 7.80. The number of hydrogen-bond donors (Lipinski definition) is 3. The summed E-state index contributed by atoms with van der Waals surface area (Å²) in [6.07, 6.45) is 0. The van der Waals surface area contributed by atoms with Gasteiger partial charge in [0.1, 0.15) is 11.6 Å². The first-order valence-electron chi connectivity index (χ1n) is 13.8. The van der Waals surface area contributed by atoms with Gasteiger partial charge in [-0.1, -0.05) is 58.0 Å². The lowest BCUT2D eigenvalue weighted by molar-refractivity contribution is -0.143. The monoisotopic (exact) mass is 605 g/mol. The molecule has 0 aliphatic rings. The Balaban J connectivity index is 1.52. The highest BCUT2D eigenvalue weighted by Gasteiger charge is 2.34. The van der Waals surface area contributed by atoms with Gasteiger partial charge in [-0.2, -0.15) is 0 Å². The van der Waals surface area contributed by atoms with Crippen LogP contribution in [0.3, 0.4) is 0 Å². The van der Waals surface area contributed by atoms with Crippen LogP contribution in [0.15, 0.2) is 71.1 Å². The fourth-order valence-electron chi connectivity index (χ4n) is 4.74. The van der Waals surface area contributed by atoms with Crippen LogP contribution < -0.4 is 14.9 Å². The molecule has 2 atom stereocenters. The quantitative estimate of drug-likeness (QED) is 0.141. The zero-order valence-electron chi connectivity index (χ0n) is 24.8. The maximum atomic E-state index is 13.2. The third kappa shape index (κ3) is 6.79. The fraction of sp³-hybridized carbons (Fsp3) is 0.281. The van der Waals surface area contributed by atoms with Crippen molar-refractivity contribution in [2.75, 3.05) is 22.0 Å². The number of methoxy groups -OCH3 is 1. The number of benzene rings is 3. The number of rotatable bonds is 10. The summed E-state index contributed by atoms with van der Waals surface area (Å²) in [5.41, 5.74) is 4.33. The van der Waals surface area contributed by atoms with Crippen molar-refractivity contribution < 1.29 is 32.3 Å². The van der Waals surface area contributed by atoms with E-state index in [0.717, 1.165) is 15.4 Å². The summed E-state index contributed by atoms with van der Waals surface area (Å²) in [4.78, 5) is 37.8. The maximum Gasteiger partial charge on any atom is 0.329 e. The van der Waals surface area contributed by atoms with Gasteiger partial charge in [0, 0.05) is 22.6 Å². The number of carbonyl (C=O) groups excluding carboxylic acids is 3. The highest BCUT2D eigenvalue weighted by Crippen LogP contribution is 2.33. The lowest BCUT2D eigenvalue weighted by Crippen LogP contribution is -2.46. The summed E-state index contributed by atoms with van der Waals surface area (Å²) in [7, 11) is 1.24. The molecule has 0 saturated carbocycles. The number of furan rings is 1. The van der Waals surface area contributed by atoms with Crippen LogP contribution in [0.25, 0.3) is 22.1 Å². The van der Waals surface area contributed by atoms with Crippen LogP contribution in [-0.2, 0) is 25.6 Å². The largest absolute Gasteiger partial charge is 0.467 e. The molecule has 226 valence electrons. The molecule has 11 heteroatoms. The molecule has 4 aromatic rings. The Hall–Kier alpha value is -4.48. The van der Waals surface area contributed by atoms with Gasteiger partial charge in [0.05, 0.1) is 18.5 Å². The van der Waals surface area contributed by atoms with E-state index in [1.807, 2.05) is 12.1 Å². The van der Waals surface area contributed by atoms with Crippen molar-refractivity contribution in [1.82, 2.24) is 0 Å². The fourth-order valence-corrected chi connectivity index (χ4v) is 5.57. The number of nitrogens with zero attached hydrogens (tertiary/aromatic N) is 1. The van der Waals surface area contributed by atoms with E-state index in [1.54, 1.807) is 89.2 Å². The van der Waals surface area contributed by atoms with E-state index in [2.05, 4.69) is 10.6 Å². The van der Waals surface area contributed by atoms with E-state index in [-0.39, 0.29) is 23.5 Å². The molecule has 4 rings (SSSR count). The number of anilines is 3. The van der Waals surface area contributed by atoms with Gasteiger partial charge < -0.3 is 19.8 Å². The number of hydrogen-bond acceptors (Lipinski definition) is 6. The van der Waals surface area contributed by atoms with E-state index in [4.69, 9.17) is 9.15 Å². The highest BCUT2D eigenvalue weighted by atomic mass is 32.2. The van der Waals surface area contributed by atoms with Gasteiger partial charge in [-0.05, 0) is 60.4 Å². The van der Waals surface area contributed by atoms with Crippen molar-refractivity contribution in [1.29, 1.82) is 0 Å². The van der Waals surface area contributed by atoms with Gasteiger partial charge >= 0.3 is 5.97 Å². The van der Waals surface area contributed by atoms with Crippen molar-refractivity contribution in [3.05, 3.63) is 78.1 Å². The molecule has 1 aromatic heterocycles. The maximum absolute atomic E-state index is 13.2. The predicted molar refractivity (Wildman–Crippen MR) is 168 cm³/mol. The molecule has 0 saturated heterocycles. The molecule has 0 radical (unpaired) electrons. The molecule has 2 amide bonds. The first-order chi connectivity index (χ1) is 20.4. The summed E-state index contributed by atoms with van der Waals surface area (Å²) in [5, 5.41) is 6.44. The molecule has 0 spiro atoms. The average molecular weight is 606 g/mol. The van der Waals surface area contributed by atoms with Crippen LogP contribution in [0.4, 0.5) is 17.1 Å². The van der Waals surface area contributed by atoms with Crippen molar-refractivity contribution in [2.24, 2.45) is 11.8 Å². The molecular weight excluding hydrogens is 570 g/mol. The standard InChI is InChI=1S/C32H35N3O7S/c1-18(2)28(32(38)41-6)35(43(39)40)24-16-12-22(13-17-24)21-10-14-23(15-11-21)33-31(37)29-20(5)27-25(34-30(36)19(3)4)8-7-9-26(27)42-29/h7-19,28H,1-6H3,(H,33,37)(H,34,36)(H,39,40). The second-order valence-corrected chi connectivity index (χ2v) is 11.6. The minimum Gasteiger partial charge on any atom is -0.467 e. The van der Waals surface area contributed by atoms with Gasteiger partial charge in [0.25, 0.3) is 17.2 Å². The van der Waals surface area contributed by atoms with Crippen molar-refractivity contribution in [2.45, 2.75) is 40.7 Å². The SMILES string of the molecule is COC(=O)C(C(C)C)N(c1ccc(-c2ccc(NC(=O)c3oc4cccc(NC(=O)C(C)C)c4c3C)cc2)cc1)S(=O)O. The van der Waals surface area contributed by atoms with E-state index in [1.165, 1.54) is 7.11 Å². The van der Waals surface area contributed by atoms with E-state index < -0.39 is 29.2 Å². The van der Waals surface area contributed by atoms with Crippen LogP contribution in [-0.4, -0.2) is 39.7 Å². The Bertz CT molecular complexity index is 1660. The lowest BCUT2D eigenvalue weighted by Gasteiger charge is -2.30. The number of fused-ring (bicyclic) bond motifs is 1. The Morgan fingerprint density at radius 1 is 0.907 bits per heavy atom. The molecule has 1 heterocycles. The smallest absolute Gasteiger partial charge is 0.329 e. The van der Waals surface area contributed by atoms with Crippen LogP contribution in [0.2, 0.25) is 0 Å². The first kappa shape index (κ1) is 31.5. The van der Waals surface area contributed by atoms with Gasteiger partial charge in [-0.15, -0.1) is 0 Å². The van der Waals surface area contributed by atoms with Crippen LogP contribution >= 0.6 is 0 Å². The molecule has 0 aliphatic carbocycles. The third-order valence-electron chi connectivity index (χ3n) is 7.04. The molecule has 10 nitrogen and oxygen atoms in total. The first-order valence-corrected chi connectivity index (χ1v) is 14.8. The summed E-state index contributed by atoms with van der Waals surface area (Å²) in [6, 6.07) is 18.4. The molecule has 0 bridgehead atoms. The Labute approximate surface area is 252 Å². The molecule has 0 aliphatic heterocycles. The lowest BCUT2D eigenvalue weighted by atomic mass is 10.0. The summed E-state index contributed by atoms with van der Waals surface area (Å²) in [6.45, 7) is 8.94. The number of aryl methyl sites for hydroxylation is 1. The number of amides is 2. The third-order valence-corrected chi connectivity index (χ3v) is 7.81. The minimum absolute atomic E-state index is 0.129. The van der Waals surface area contributed by atoms with Crippen LogP contribution in [0.1, 0.15) is 43.8 Å². The number of nitrogens with one attached hydrogen (secondary N) is 2. The Kier molecular flexibility index (Phi) is 9.67. The van der Waals surface area contributed by atoms with Gasteiger partial charge in [-0.25, -0.2) is 9.00 Å². The normalized spacial score (nSPS) is 12.7. The second-order valence-electron chi connectivity index (χ2n) is 10.7. The van der Waals surface area contributed by atoms with Crippen LogP contribution in [0.5, 0.6) is 0 Å². The van der Waals surface area contributed by atoms with E-state index in [0.29, 0.717) is 33.6 Å². The zero-order valence-corrected chi connectivity index (χ0v) is 25.7. The molecule has 43 heavy (non-hydrogen) atoms. The Morgan fingerprint density at radius 2 is 1.51 bits per heavy atom. The minimum atomic E-state index is -2.45. The summed E-state index contributed by atoms with van der Waals surface area (Å²) in [5.74, 6) is -1.48. The summed E-state index contributed by atoms with van der Waals surface area (Å²) < 4.78 is 34.0. The Morgan fingerprint density at radius 3 is 2.05 bits per heavy atom. The second kappa shape index (κ2) is 13.2. The molecular formula is C32H35N3O7S. The predicted octanol–water partition coefficient (Wildman–Crippen LogP) is 6.40. The van der Waals surface area contributed by atoms with Crippen molar-refractivity contribution >= 4 is 57.1 Å². The van der Waals surface area contributed by atoms with Crippen LogP contribution in [0, 0.1) is 18.8 Å². The van der Waals surface area contributed by atoms with Gasteiger partial charge in [0.15, 0.2) is 5.76 Å². The van der Waals surface area contributed by atoms with Crippen molar-refractivity contribution in [3.63, 3.8) is 0 Å². The number of esters is 1. The summed E-state index contributed by atoms with van der Waals surface area (Å²) >= 11 is -2.45. The number of carbonyl (C=O) groups is 3. The van der Waals surface area contributed by atoms with E-state index in [9.17, 15) is 23.1 Å². The van der Waals surface area contributed by atoms with E-state index >= 15 is 0 Å².